The van der Waals surface area contributed by atoms with Gasteiger partial charge in [-0.25, -0.2) is 0 Å². The van der Waals surface area contributed by atoms with Gasteiger partial charge in [-0.1, -0.05) is 0 Å². The molecule has 0 N–H and O–H groups in total. The molecule has 0 spiro atoms. The summed E-state index contributed by atoms with van der Waals surface area (Å²) < 4.78 is 9.69. The van der Waals surface area contributed by atoms with Gasteiger partial charge in [-0.3, -0.25) is 0 Å². The third kappa shape index (κ3) is 2.16. The summed E-state index contributed by atoms with van der Waals surface area (Å²) in [6, 6.07) is 3.57. The van der Waals surface area contributed by atoms with Crippen LogP contribution in [0.5, 0.6) is 5.88 Å². The van der Waals surface area contributed by atoms with Crippen molar-refractivity contribution in [3.05, 3.63) is 17.8 Å². The Morgan fingerprint density at radius 1 is 1.27 bits per heavy atom. The molecule has 1 aromatic heterocycles. The van der Waals surface area contributed by atoms with E-state index in [1.807, 2.05) is 6.07 Å². The number of ether oxygens (including phenoxy) is 2. The van der Waals surface area contributed by atoms with Gasteiger partial charge in [0.15, 0.2) is 0 Å². The topological polar surface area (TPSA) is 44.2 Å². The van der Waals surface area contributed by atoms with E-state index in [-0.39, 0.29) is 0 Å². The third-order valence-corrected chi connectivity index (χ3v) is 1.20. The fourth-order valence-corrected chi connectivity index (χ4v) is 0.681. The molecular formula is C7H10N2O2. The molecule has 0 aliphatic heterocycles. The van der Waals surface area contributed by atoms with Crippen LogP contribution in [0, 0.1) is 0 Å². The van der Waals surface area contributed by atoms with E-state index in [0.717, 1.165) is 5.69 Å². The number of hydrogen-bond acceptors (Lipinski definition) is 4. The molecular weight excluding hydrogens is 144 g/mol. The maximum absolute atomic E-state index is 4.86. The highest BCUT2D eigenvalue weighted by molar-refractivity contribution is 5.10. The number of methoxy groups -OCH3 is 2. The molecule has 0 saturated carbocycles. The Kier molecular flexibility index (Phi) is 2.80. The first-order valence-corrected chi connectivity index (χ1v) is 3.22. The zero-order valence-corrected chi connectivity index (χ0v) is 6.57. The van der Waals surface area contributed by atoms with E-state index in [0.29, 0.717) is 12.5 Å². The van der Waals surface area contributed by atoms with Gasteiger partial charge in [0.05, 0.1) is 19.4 Å². The van der Waals surface area contributed by atoms with Crippen molar-refractivity contribution in [2.45, 2.75) is 6.61 Å². The van der Waals surface area contributed by atoms with Crippen LogP contribution in [0.15, 0.2) is 12.1 Å². The lowest BCUT2D eigenvalue weighted by molar-refractivity contribution is 0.180. The van der Waals surface area contributed by atoms with Crippen LogP contribution in [0.2, 0.25) is 0 Å². The Balaban J connectivity index is 2.66. The maximum atomic E-state index is 4.86. The van der Waals surface area contributed by atoms with Crippen molar-refractivity contribution in [3.8, 4) is 5.88 Å². The van der Waals surface area contributed by atoms with Crippen LogP contribution in [-0.2, 0) is 11.3 Å². The minimum absolute atomic E-state index is 0.483. The molecule has 0 fully saturated rings. The molecule has 0 aliphatic carbocycles. The second kappa shape index (κ2) is 3.88. The van der Waals surface area contributed by atoms with E-state index in [4.69, 9.17) is 9.47 Å². The minimum atomic E-state index is 0.483. The molecule has 1 heterocycles. The monoisotopic (exact) mass is 154 g/mol. The summed E-state index contributed by atoms with van der Waals surface area (Å²) in [4.78, 5) is 0. The fraction of sp³-hybridized carbons (Fsp3) is 0.429. The predicted octanol–water partition coefficient (Wildman–Crippen LogP) is 0.632. The standard InChI is InChI=1S/C7H10N2O2/c1-10-5-6-3-4-7(11-2)9-8-6/h3-4H,5H2,1-2H3. The molecule has 0 saturated heterocycles. The first-order chi connectivity index (χ1) is 5.36. The van der Waals surface area contributed by atoms with Gasteiger partial charge in [0.2, 0.25) is 5.88 Å². The van der Waals surface area contributed by atoms with E-state index in [1.54, 1.807) is 20.3 Å². The van der Waals surface area contributed by atoms with Crippen LogP contribution in [0.25, 0.3) is 0 Å². The molecule has 0 aliphatic rings. The van der Waals surface area contributed by atoms with Gasteiger partial charge in [0.25, 0.3) is 0 Å². The first kappa shape index (κ1) is 7.94. The quantitative estimate of drug-likeness (QED) is 0.640. The van der Waals surface area contributed by atoms with Crippen molar-refractivity contribution >= 4 is 0 Å². The number of hydrogen-bond donors (Lipinski definition) is 0. The van der Waals surface area contributed by atoms with Crippen LogP contribution in [0.4, 0.5) is 0 Å². The molecule has 0 unspecified atom stereocenters. The minimum Gasteiger partial charge on any atom is -0.480 e. The van der Waals surface area contributed by atoms with E-state index >= 15 is 0 Å². The SMILES string of the molecule is COCc1ccc(OC)nn1. The summed E-state index contributed by atoms with van der Waals surface area (Å²) in [6.45, 7) is 0.483. The Morgan fingerprint density at radius 3 is 2.55 bits per heavy atom. The molecule has 11 heavy (non-hydrogen) atoms. The van der Waals surface area contributed by atoms with Crippen molar-refractivity contribution in [1.29, 1.82) is 0 Å². The average Bonchev–Trinajstić information content (AvgIpc) is 2.07. The zero-order chi connectivity index (χ0) is 8.10. The van der Waals surface area contributed by atoms with E-state index in [9.17, 15) is 0 Å². The molecule has 0 atom stereocenters. The average molecular weight is 154 g/mol. The van der Waals surface area contributed by atoms with Crippen LogP contribution < -0.4 is 4.74 Å². The zero-order valence-electron chi connectivity index (χ0n) is 6.57. The summed E-state index contributed by atoms with van der Waals surface area (Å²) in [5, 5.41) is 7.60. The van der Waals surface area contributed by atoms with E-state index in [2.05, 4.69) is 10.2 Å². The van der Waals surface area contributed by atoms with Crippen molar-refractivity contribution < 1.29 is 9.47 Å². The first-order valence-electron chi connectivity index (χ1n) is 3.22. The Bertz CT molecular complexity index is 210. The molecule has 0 aromatic carbocycles. The molecule has 4 nitrogen and oxygen atoms in total. The van der Waals surface area contributed by atoms with E-state index < -0.39 is 0 Å². The maximum Gasteiger partial charge on any atom is 0.233 e. The van der Waals surface area contributed by atoms with Crippen LogP contribution in [0.1, 0.15) is 5.69 Å². The van der Waals surface area contributed by atoms with Crippen molar-refractivity contribution in [3.63, 3.8) is 0 Å². The molecule has 0 bridgehead atoms. The van der Waals surface area contributed by atoms with E-state index in [1.165, 1.54) is 0 Å². The highest BCUT2D eigenvalue weighted by atomic mass is 16.5. The van der Waals surface area contributed by atoms with Gasteiger partial charge < -0.3 is 9.47 Å². The molecule has 1 aromatic rings. The molecule has 60 valence electrons. The van der Waals surface area contributed by atoms with Gasteiger partial charge in [0.1, 0.15) is 0 Å². The molecule has 0 radical (unpaired) electrons. The highest BCUT2D eigenvalue weighted by Gasteiger charge is 1.94. The van der Waals surface area contributed by atoms with Gasteiger partial charge in [-0.05, 0) is 6.07 Å². The predicted molar refractivity (Wildman–Crippen MR) is 39.3 cm³/mol. The Morgan fingerprint density at radius 2 is 2.09 bits per heavy atom. The van der Waals surface area contributed by atoms with Crippen molar-refractivity contribution in [2.24, 2.45) is 0 Å². The number of nitrogens with zero attached hydrogens (tertiary/aromatic N) is 2. The van der Waals surface area contributed by atoms with Gasteiger partial charge in [-0.2, -0.15) is 0 Å². The van der Waals surface area contributed by atoms with Crippen LogP contribution >= 0.6 is 0 Å². The largest absolute Gasteiger partial charge is 0.480 e. The smallest absolute Gasteiger partial charge is 0.233 e. The Labute approximate surface area is 65.2 Å². The van der Waals surface area contributed by atoms with Gasteiger partial charge in [0, 0.05) is 13.2 Å². The number of rotatable bonds is 3. The van der Waals surface area contributed by atoms with Crippen LogP contribution in [-0.4, -0.2) is 24.4 Å². The van der Waals surface area contributed by atoms with Gasteiger partial charge in [-0.15, -0.1) is 10.2 Å². The normalized spacial score (nSPS) is 9.64. The van der Waals surface area contributed by atoms with Crippen molar-refractivity contribution in [1.82, 2.24) is 10.2 Å². The lowest BCUT2D eigenvalue weighted by Crippen LogP contribution is -1.96. The Hall–Kier alpha value is -1.16. The lowest BCUT2D eigenvalue weighted by atomic mass is 10.4. The number of aromatic nitrogens is 2. The third-order valence-electron chi connectivity index (χ3n) is 1.20. The molecule has 4 heteroatoms. The second-order valence-electron chi connectivity index (χ2n) is 2.00. The van der Waals surface area contributed by atoms with Crippen LogP contribution in [0.3, 0.4) is 0 Å². The molecule has 0 amide bonds. The van der Waals surface area contributed by atoms with Gasteiger partial charge >= 0.3 is 0 Å². The summed E-state index contributed by atoms with van der Waals surface area (Å²) in [5.74, 6) is 0.518. The summed E-state index contributed by atoms with van der Waals surface area (Å²) in [7, 11) is 3.17. The molecule has 1 rings (SSSR count). The second-order valence-corrected chi connectivity index (χ2v) is 2.00. The summed E-state index contributed by atoms with van der Waals surface area (Å²) in [5.41, 5.74) is 0.799. The lowest BCUT2D eigenvalue weighted by Gasteiger charge is -1.98. The highest BCUT2D eigenvalue weighted by Crippen LogP contribution is 2.03. The summed E-state index contributed by atoms with van der Waals surface area (Å²) >= 11 is 0. The fourth-order valence-electron chi connectivity index (χ4n) is 0.681. The summed E-state index contributed by atoms with van der Waals surface area (Å²) in [6.07, 6.45) is 0. The van der Waals surface area contributed by atoms with Crippen molar-refractivity contribution in [2.75, 3.05) is 14.2 Å².